The van der Waals surface area contributed by atoms with Gasteiger partial charge in [0.2, 0.25) is 0 Å². The minimum Gasteiger partial charge on any atom is -0.355 e. The molecule has 1 fully saturated rings. The van der Waals surface area contributed by atoms with Gasteiger partial charge in [0.1, 0.15) is 5.82 Å². The molecule has 22 heavy (non-hydrogen) atoms. The standard InChI is InChI=1S/C17H20N4O/c1-13-4-2-3-5-15(13)17(22)20-14-6-10-21(11-7-14)16-12-18-8-9-19-16/h2-5,8-9,12,14H,6-7,10-11H2,1H3,(H,20,22). The number of aryl methyl sites for hydroxylation is 1. The SMILES string of the molecule is Cc1ccccc1C(=O)NC1CCN(c2cnccn2)CC1. The second-order valence-electron chi connectivity index (χ2n) is 5.61. The molecule has 0 radical (unpaired) electrons. The van der Waals surface area contributed by atoms with Crippen LogP contribution in [0.5, 0.6) is 0 Å². The van der Waals surface area contributed by atoms with Crippen molar-refractivity contribution in [1.29, 1.82) is 0 Å². The van der Waals surface area contributed by atoms with Gasteiger partial charge in [-0.15, -0.1) is 0 Å². The molecule has 5 nitrogen and oxygen atoms in total. The minimum absolute atomic E-state index is 0.0241. The molecule has 1 aromatic heterocycles. The van der Waals surface area contributed by atoms with E-state index in [1.807, 2.05) is 31.2 Å². The highest BCUT2D eigenvalue weighted by Gasteiger charge is 2.22. The number of anilines is 1. The first kappa shape index (κ1) is 14.5. The molecule has 0 unspecified atom stereocenters. The van der Waals surface area contributed by atoms with E-state index in [-0.39, 0.29) is 11.9 Å². The third-order valence-corrected chi connectivity index (χ3v) is 4.09. The summed E-state index contributed by atoms with van der Waals surface area (Å²) in [6, 6.07) is 7.91. The van der Waals surface area contributed by atoms with Crippen LogP contribution in [-0.4, -0.2) is 35.0 Å². The molecule has 0 saturated carbocycles. The molecule has 1 aliphatic rings. The Balaban J connectivity index is 1.56. The smallest absolute Gasteiger partial charge is 0.251 e. The predicted octanol–water partition coefficient (Wildman–Crippen LogP) is 2.18. The first-order valence-electron chi connectivity index (χ1n) is 7.61. The first-order valence-corrected chi connectivity index (χ1v) is 7.61. The van der Waals surface area contributed by atoms with Crippen LogP contribution in [0.15, 0.2) is 42.9 Å². The van der Waals surface area contributed by atoms with Crippen LogP contribution in [0.25, 0.3) is 0 Å². The van der Waals surface area contributed by atoms with E-state index in [0.717, 1.165) is 42.9 Å². The van der Waals surface area contributed by atoms with Gasteiger partial charge in [0, 0.05) is 37.1 Å². The van der Waals surface area contributed by atoms with Gasteiger partial charge < -0.3 is 10.2 Å². The van der Waals surface area contributed by atoms with Crippen LogP contribution in [0.2, 0.25) is 0 Å². The molecule has 0 bridgehead atoms. The molecular weight excluding hydrogens is 276 g/mol. The third kappa shape index (κ3) is 3.24. The number of hydrogen-bond donors (Lipinski definition) is 1. The van der Waals surface area contributed by atoms with E-state index in [9.17, 15) is 4.79 Å². The van der Waals surface area contributed by atoms with Crippen molar-refractivity contribution in [1.82, 2.24) is 15.3 Å². The van der Waals surface area contributed by atoms with Gasteiger partial charge >= 0.3 is 0 Å². The molecule has 1 amide bonds. The Kier molecular flexibility index (Phi) is 4.32. The number of rotatable bonds is 3. The van der Waals surface area contributed by atoms with E-state index in [1.165, 1.54) is 0 Å². The second-order valence-corrected chi connectivity index (χ2v) is 5.61. The number of benzene rings is 1. The molecular formula is C17H20N4O. The molecule has 1 N–H and O–H groups in total. The lowest BCUT2D eigenvalue weighted by atomic mass is 10.0. The summed E-state index contributed by atoms with van der Waals surface area (Å²) >= 11 is 0. The largest absolute Gasteiger partial charge is 0.355 e. The number of nitrogens with one attached hydrogen (secondary N) is 1. The molecule has 3 rings (SSSR count). The van der Waals surface area contributed by atoms with Crippen molar-refractivity contribution in [2.45, 2.75) is 25.8 Å². The van der Waals surface area contributed by atoms with Gasteiger partial charge in [-0.3, -0.25) is 9.78 Å². The fourth-order valence-corrected chi connectivity index (χ4v) is 2.80. The summed E-state index contributed by atoms with van der Waals surface area (Å²) in [7, 11) is 0. The average Bonchev–Trinajstić information content (AvgIpc) is 2.57. The van der Waals surface area contributed by atoms with Gasteiger partial charge in [-0.1, -0.05) is 18.2 Å². The molecule has 114 valence electrons. The number of carbonyl (C=O) groups is 1. The third-order valence-electron chi connectivity index (χ3n) is 4.09. The summed E-state index contributed by atoms with van der Waals surface area (Å²) in [4.78, 5) is 23.0. The molecule has 1 aromatic carbocycles. The highest BCUT2D eigenvalue weighted by Crippen LogP contribution is 2.17. The van der Waals surface area contributed by atoms with Crippen LogP contribution in [0.4, 0.5) is 5.82 Å². The summed E-state index contributed by atoms with van der Waals surface area (Å²) in [5.74, 6) is 0.933. The summed E-state index contributed by atoms with van der Waals surface area (Å²) in [6.45, 7) is 3.74. The topological polar surface area (TPSA) is 58.1 Å². The number of piperidine rings is 1. The van der Waals surface area contributed by atoms with Crippen LogP contribution in [0.1, 0.15) is 28.8 Å². The van der Waals surface area contributed by atoms with Gasteiger partial charge in [-0.2, -0.15) is 0 Å². The monoisotopic (exact) mass is 296 g/mol. The Labute approximate surface area is 130 Å². The van der Waals surface area contributed by atoms with Crippen molar-refractivity contribution in [3.63, 3.8) is 0 Å². The van der Waals surface area contributed by atoms with E-state index in [4.69, 9.17) is 0 Å². The zero-order valence-electron chi connectivity index (χ0n) is 12.7. The van der Waals surface area contributed by atoms with E-state index < -0.39 is 0 Å². The zero-order valence-corrected chi connectivity index (χ0v) is 12.7. The average molecular weight is 296 g/mol. The number of nitrogens with zero attached hydrogens (tertiary/aromatic N) is 3. The van der Waals surface area contributed by atoms with E-state index in [0.29, 0.717) is 0 Å². The van der Waals surface area contributed by atoms with Crippen LogP contribution in [0, 0.1) is 6.92 Å². The van der Waals surface area contributed by atoms with Crippen molar-refractivity contribution in [3.05, 3.63) is 54.0 Å². The Morgan fingerprint density at radius 2 is 2.00 bits per heavy atom. The van der Waals surface area contributed by atoms with Crippen molar-refractivity contribution >= 4 is 11.7 Å². The Morgan fingerprint density at radius 3 is 2.68 bits per heavy atom. The highest BCUT2D eigenvalue weighted by atomic mass is 16.1. The first-order chi connectivity index (χ1) is 10.7. The van der Waals surface area contributed by atoms with E-state index in [2.05, 4.69) is 20.2 Å². The van der Waals surface area contributed by atoms with E-state index >= 15 is 0 Å². The summed E-state index contributed by atoms with van der Waals surface area (Å²) < 4.78 is 0. The predicted molar refractivity (Wildman–Crippen MR) is 85.9 cm³/mol. The lowest BCUT2D eigenvalue weighted by Crippen LogP contribution is -2.45. The summed E-state index contributed by atoms with van der Waals surface area (Å²) in [5.41, 5.74) is 1.77. The summed E-state index contributed by atoms with van der Waals surface area (Å²) in [6.07, 6.45) is 7.02. The number of carbonyl (C=O) groups excluding carboxylic acids is 1. The van der Waals surface area contributed by atoms with Crippen molar-refractivity contribution in [2.75, 3.05) is 18.0 Å². The second kappa shape index (κ2) is 6.56. The maximum atomic E-state index is 12.3. The van der Waals surface area contributed by atoms with Crippen LogP contribution in [0.3, 0.4) is 0 Å². The quantitative estimate of drug-likeness (QED) is 0.943. The fourth-order valence-electron chi connectivity index (χ4n) is 2.80. The van der Waals surface area contributed by atoms with Gasteiger partial charge in [0.15, 0.2) is 0 Å². The molecule has 1 aliphatic heterocycles. The maximum absolute atomic E-state index is 12.3. The van der Waals surface area contributed by atoms with Gasteiger partial charge in [-0.25, -0.2) is 4.98 Å². The van der Waals surface area contributed by atoms with Gasteiger partial charge in [-0.05, 0) is 31.4 Å². The Bertz CT molecular complexity index is 636. The maximum Gasteiger partial charge on any atom is 0.251 e. The lowest BCUT2D eigenvalue weighted by Gasteiger charge is -2.33. The Morgan fingerprint density at radius 1 is 1.23 bits per heavy atom. The molecule has 2 heterocycles. The van der Waals surface area contributed by atoms with Gasteiger partial charge in [0.25, 0.3) is 5.91 Å². The molecule has 0 aliphatic carbocycles. The van der Waals surface area contributed by atoms with E-state index in [1.54, 1.807) is 18.6 Å². The van der Waals surface area contributed by atoms with Gasteiger partial charge in [0.05, 0.1) is 6.20 Å². The molecule has 1 saturated heterocycles. The van der Waals surface area contributed by atoms with Crippen LogP contribution in [-0.2, 0) is 0 Å². The zero-order chi connectivity index (χ0) is 15.4. The van der Waals surface area contributed by atoms with Crippen LogP contribution < -0.4 is 10.2 Å². The van der Waals surface area contributed by atoms with Crippen molar-refractivity contribution in [3.8, 4) is 0 Å². The number of amides is 1. The normalized spacial score (nSPS) is 15.6. The van der Waals surface area contributed by atoms with Crippen molar-refractivity contribution < 1.29 is 4.79 Å². The number of aromatic nitrogens is 2. The lowest BCUT2D eigenvalue weighted by molar-refractivity contribution is 0.0930. The molecule has 5 heteroatoms. The fraction of sp³-hybridized carbons (Fsp3) is 0.353. The minimum atomic E-state index is 0.0241. The molecule has 2 aromatic rings. The molecule has 0 atom stereocenters. The highest BCUT2D eigenvalue weighted by molar-refractivity contribution is 5.95. The number of hydrogen-bond acceptors (Lipinski definition) is 4. The Hall–Kier alpha value is -2.43. The summed E-state index contributed by atoms with van der Waals surface area (Å²) in [5, 5.41) is 3.15. The van der Waals surface area contributed by atoms with Crippen molar-refractivity contribution in [2.24, 2.45) is 0 Å². The van der Waals surface area contributed by atoms with Crippen LogP contribution >= 0.6 is 0 Å². The molecule has 0 spiro atoms.